The highest BCUT2D eigenvalue weighted by Gasteiger charge is 2.09. The summed E-state index contributed by atoms with van der Waals surface area (Å²) < 4.78 is 25.9. The lowest BCUT2D eigenvalue weighted by Gasteiger charge is -2.08. The molecule has 0 saturated heterocycles. The molecule has 0 aliphatic carbocycles. The molecule has 1 aromatic carbocycles. The summed E-state index contributed by atoms with van der Waals surface area (Å²) in [5.74, 6) is 0.194. The molecule has 0 bridgehead atoms. The van der Waals surface area contributed by atoms with Crippen LogP contribution in [0.25, 0.3) is 0 Å². The largest absolute Gasteiger partial charge is 0.284 e. The molecule has 0 radical (unpaired) electrons. The molecule has 0 fully saturated rings. The second-order valence-corrected chi connectivity index (χ2v) is 5.67. The maximum absolute atomic E-state index is 11.6. The van der Waals surface area contributed by atoms with Crippen LogP contribution in [-0.2, 0) is 16.4 Å². The molecule has 90 valence electrons. The van der Waals surface area contributed by atoms with Crippen LogP contribution in [0.5, 0.6) is 0 Å². The van der Waals surface area contributed by atoms with Crippen molar-refractivity contribution in [2.24, 2.45) is 0 Å². The van der Waals surface area contributed by atoms with E-state index in [4.69, 9.17) is 0 Å². The van der Waals surface area contributed by atoms with Crippen molar-refractivity contribution >= 4 is 15.7 Å². The van der Waals surface area contributed by atoms with E-state index in [0.717, 1.165) is 18.4 Å². The fourth-order valence-electron chi connectivity index (χ4n) is 1.42. The fraction of sp³-hybridized carbons (Fsp3) is 0.500. The van der Waals surface area contributed by atoms with Gasteiger partial charge in [0.1, 0.15) is 0 Å². The Bertz CT molecular complexity index is 426. The van der Waals surface area contributed by atoms with Gasteiger partial charge in [-0.2, -0.15) is 0 Å². The Morgan fingerprint density at radius 3 is 2.62 bits per heavy atom. The van der Waals surface area contributed by atoms with Crippen LogP contribution in [0, 0.1) is 0 Å². The smallest absolute Gasteiger partial charge is 0.232 e. The predicted octanol–water partition coefficient (Wildman–Crippen LogP) is 2.79. The van der Waals surface area contributed by atoms with E-state index in [1.807, 2.05) is 32.0 Å². The summed E-state index contributed by atoms with van der Waals surface area (Å²) >= 11 is 0. The van der Waals surface area contributed by atoms with Gasteiger partial charge in [-0.05, 0) is 30.5 Å². The van der Waals surface area contributed by atoms with Gasteiger partial charge in [0.15, 0.2) is 0 Å². The average Bonchev–Trinajstić information content (AvgIpc) is 2.26. The van der Waals surface area contributed by atoms with Crippen molar-refractivity contribution < 1.29 is 8.42 Å². The minimum absolute atomic E-state index is 0.194. The van der Waals surface area contributed by atoms with Gasteiger partial charge < -0.3 is 0 Å². The highest BCUT2D eigenvalue weighted by atomic mass is 32.2. The summed E-state index contributed by atoms with van der Waals surface area (Å²) in [7, 11) is -3.17. The molecule has 1 rings (SSSR count). The molecule has 1 N–H and O–H groups in total. The Morgan fingerprint density at radius 2 is 2.00 bits per heavy atom. The number of nitrogens with one attached hydrogen (secondary N) is 1. The molecule has 0 aliphatic rings. The van der Waals surface area contributed by atoms with Crippen molar-refractivity contribution in [2.45, 2.75) is 33.1 Å². The molecule has 0 atom stereocenters. The number of hydrogen-bond acceptors (Lipinski definition) is 2. The maximum atomic E-state index is 11.6. The minimum Gasteiger partial charge on any atom is -0.284 e. The first-order valence-corrected chi connectivity index (χ1v) is 7.32. The number of rotatable bonds is 6. The second-order valence-electron chi connectivity index (χ2n) is 3.83. The number of anilines is 1. The number of unbranched alkanes of at least 4 members (excludes halogenated alkanes) is 1. The minimum atomic E-state index is -3.17. The van der Waals surface area contributed by atoms with Gasteiger partial charge in [-0.15, -0.1) is 0 Å². The maximum Gasteiger partial charge on any atom is 0.232 e. The molecule has 1 aromatic rings. The van der Waals surface area contributed by atoms with Crippen molar-refractivity contribution in [3.8, 4) is 0 Å². The topological polar surface area (TPSA) is 46.2 Å². The Hall–Kier alpha value is -1.03. The third-order valence-electron chi connectivity index (χ3n) is 2.38. The summed E-state index contributed by atoms with van der Waals surface area (Å²) in [6, 6.07) is 7.52. The van der Waals surface area contributed by atoms with E-state index < -0.39 is 10.0 Å². The molecule has 16 heavy (non-hydrogen) atoms. The van der Waals surface area contributed by atoms with Crippen LogP contribution in [0.1, 0.15) is 32.3 Å². The second kappa shape index (κ2) is 5.89. The molecule has 0 aromatic heterocycles. The van der Waals surface area contributed by atoms with Gasteiger partial charge in [0.25, 0.3) is 0 Å². The van der Waals surface area contributed by atoms with Gasteiger partial charge in [0.05, 0.1) is 5.75 Å². The van der Waals surface area contributed by atoms with E-state index in [0.29, 0.717) is 12.1 Å². The first-order valence-electron chi connectivity index (χ1n) is 5.67. The molecule has 0 spiro atoms. The zero-order valence-corrected chi connectivity index (χ0v) is 10.7. The first-order chi connectivity index (χ1) is 7.57. The standard InChI is InChI=1S/C12H19NO2S/c1-3-5-9-16(14,15)13-12-8-6-7-11(4-2)10-12/h6-8,10,13H,3-5,9H2,1-2H3. The number of benzene rings is 1. The van der Waals surface area contributed by atoms with Gasteiger partial charge in [-0.1, -0.05) is 32.4 Å². The molecule has 3 nitrogen and oxygen atoms in total. The number of hydrogen-bond donors (Lipinski definition) is 1. The zero-order valence-electron chi connectivity index (χ0n) is 9.86. The van der Waals surface area contributed by atoms with Crippen LogP contribution in [0.2, 0.25) is 0 Å². The quantitative estimate of drug-likeness (QED) is 0.832. The predicted molar refractivity (Wildman–Crippen MR) is 68.1 cm³/mol. The van der Waals surface area contributed by atoms with E-state index in [1.165, 1.54) is 0 Å². The van der Waals surface area contributed by atoms with Crippen molar-refractivity contribution in [3.63, 3.8) is 0 Å². The number of sulfonamides is 1. The lowest BCUT2D eigenvalue weighted by Crippen LogP contribution is -2.16. The normalized spacial score (nSPS) is 11.4. The Kier molecular flexibility index (Phi) is 4.80. The van der Waals surface area contributed by atoms with Crippen molar-refractivity contribution in [2.75, 3.05) is 10.5 Å². The Balaban J connectivity index is 2.72. The molecule has 0 aliphatic heterocycles. The molecular formula is C12H19NO2S. The van der Waals surface area contributed by atoms with E-state index in [-0.39, 0.29) is 5.75 Å². The Morgan fingerprint density at radius 1 is 1.25 bits per heavy atom. The third kappa shape index (κ3) is 4.23. The van der Waals surface area contributed by atoms with Crippen molar-refractivity contribution in [1.82, 2.24) is 0 Å². The molecule has 0 unspecified atom stereocenters. The third-order valence-corrected chi connectivity index (χ3v) is 3.75. The first kappa shape index (κ1) is 13.0. The monoisotopic (exact) mass is 241 g/mol. The molecule has 4 heteroatoms. The summed E-state index contributed by atoms with van der Waals surface area (Å²) in [6.45, 7) is 4.03. The highest BCUT2D eigenvalue weighted by molar-refractivity contribution is 7.92. The van der Waals surface area contributed by atoms with Crippen LogP contribution in [0.15, 0.2) is 24.3 Å². The SMILES string of the molecule is CCCCS(=O)(=O)Nc1cccc(CC)c1. The van der Waals surface area contributed by atoms with E-state index >= 15 is 0 Å². The van der Waals surface area contributed by atoms with Gasteiger partial charge in [0.2, 0.25) is 10.0 Å². The zero-order chi connectivity index (χ0) is 12.0. The molecule has 0 amide bonds. The lowest BCUT2D eigenvalue weighted by molar-refractivity contribution is 0.598. The van der Waals surface area contributed by atoms with Crippen molar-refractivity contribution in [1.29, 1.82) is 0 Å². The van der Waals surface area contributed by atoms with Gasteiger partial charge in [-0.3, -0.25) is 4.72 Å². The van der Waals surface area contributed by atoms with E-state index in [2.05, 4.69) is 4.72 Å². The Labute approximate surface area is 97.9 Å². The van der Waals surface area contributed by atoms with Crippen LogP contribution < -0.4 is 4.72 Å². The van der Waals surface area contributed by atoms with Crippen LogP contribution >= 0.6 is 0 Å². The van der Waals surface area contributed by atoms with Gasteiger partial charge in [0, 0.05) is 5.69 Å². The average molecular weight is 241 g/mol. The summed E-state index contributed by atoms with van der Waals surface area (Å²) in [6.07, 6.45) is 2.49. The van der Waals surface area contributed by atoms with Crippen LogP contribution in [0.4, 0.5) is 5.69 Å². The van der Waals surface area contributed by atoms with Gasteiger partial charge >= 0.3 is 0 Å². The lowest BCUT2D eigenvalue weighted by atomic mass is 10.1. The summed E-state index contributed by atoms with van der Waals surface area (Å²) in [5, 5.41) is 0. The summed E-state index contributed by atoms with van der Waals surface area (Å²) in [4.78, 5) is 0. The molecule has 0 saturated carbocycles. The summed E-state index contributed by atoms with van der Waals surface area (Å²) in [5.41, 5.74) is 1.80. The highest BCUT2D eigenvalue weighted by Crippen LogP contribution is 2.13. The number of aryl methyl sites for hydroxylation is 1. The van der Waals surface area contributed by atoms with Crippen molar-refractivity contribution in [3.05, 3.63) is 29.8 Å². The molecular weight excluding hydrogens is 222 g/mol. The van der Waals surface area contributed by atoms with Gasteiger partial charge in [-0.25, -0.2) is 8.42 Å². The fourth-order valence-corrected chi connectivity index (χ4v) is 2.68. The van der Waals surface area contributed by atoms with E-state index in [9.17, 15) is 8.42 Å². The van der Waals surface area contributed by atoms with Crippen LogP contribution in [-0.4, -0.2) is 14.2 Å². The van der Waals surface area contributed by atoms with Crippen LogP contribution in [0.3, 0.4) is 0 Å². The molecule has 0 heterocycles. The van der Waals surface area contributed by atoms with E-state index in [1.54, 1.807) is 6.07 Å².